The summed E-state index contributed by atoms with van der Waals surface area (Å²) in [6, 6.07) is 38.4. The molecule has 0 spiro atoms. The third-order valence-electron chi connectivity index (χ3n) is 13.1. The molecule has 324 valence electrons. The Balaban J connectivity index is 0.000000882. The first-order valence-corrected chi connectivity index (χ1v) is 23.0. The van der Waals surface area contributed by atoms with Crippen LogP contribution in [0.5, 0.6) is 0 Å². The van der Waals surface area contributed by atoms with Gasteiger partial charge in [0.05, 0.1) is 0 Å². The quantitative estimate of drug-likeness (QED) is 0.110. The van der Waals surface area contributed by atoms with Crippen LogP contribution >= 0.6 is 0 Å². The van der Waals surface area contributed by atoms with Crippen molar-refractivity contribution in [1.29, 1.82) is 0 Å². The van der Waals surface area contributed by atoms with E-state index in [1.807, 2.05) is 64.1 Å². The minimum Gasteiger partial charge on any atom is -0.0990 e. The fourth-order valence-electron chi connectivity index (χ4n) is 10.3. The first kappa shape index (κ1) is 49.6. The SMILES string of the molecule is C/C=C\C(C)=C/C.C=C/C=C(/C#C/C=C/C=C(\C=C)C1(CC)CC2(c3ccc(C)cc3)CC(C)(c3ccc(C)cc3)CC(c3ccc(C#Cc4ccccc4)cc3)(C1)C2)C=C.CC. The second-order valence-electron chi connectivity index (χ2n) is 17.6. The molecule has 2 fully saturated rings. The molecule has 0 radical (unpaired) electrons. The van der Waals surface area contributed by atoms with Gasteiger partial charge in [0.15, 0.2) is 0 Å². The van der Waals surface area contributed by atoms with Crippen molar-refractivity contribution in [2.45, 2.75) is 117 Å². The third kappa shape index (κ3) is 12.5. The van der Waals surface area contributed by atoms with Crippen molar-refractivity contribution in [1.82, 2.24) is 0 Å². The molecular weight excluding hydrogens is 757 g/mol. The Morgan fingerprint density at radius 1 is 0.651 bits per heavy atom. The normalized spacial score (nSPS) is 23.1. The molecular formula is C63H72. The Morgan fingerprint density at radius 2 is 1.17 bits per heavy atom. The van der Waals surface area contributed by atoms with Gasteiger partial charge in [-0.05, 0) is 153 Å². The highest BCUT2D eigenvalue weighted by molar-refractivity contribution is 5.49. The summed E-state index contributed by atoms with van der Waals surface area (Å²) in [6.07, 6.45) is 26.4. The zero-order chi connectivity index (χ0) is 45.9. The standard InChI is InChI=1S/C54H54.C7H12.C2H6/c1-8-18-44(9-2)19-14-13-17-22-47(10-3)52(11-4)39-53(49-33-25-43(6)26-34-49)37-51(7,48-31-23-42(5)24-32-48)38-54(40-52,41-53)50-35-29-46(30-36-50)28-27-45-20-15-12-16-21-45;1-4-6-7(3)5-2;1-2/h8-10,12-13,15-18,20-26,29-36H,1-3,11,37-41H2,4-7H3;4-6H,1-3H3;1-2H3/b17-13+,44-18+,47-22+;6-4-,7-5-;. The number of hydrogen-bond acceptors (Lipinski definition) is 0. The van der Waals surface area contributed by atoms with Crippen molar-refractivity contribution in [3.8, 4) is 23.7 Å². The minimum absolute atomic E-state index is 0.0299. The van der Waals surface area contributed by atoms with E-state index in [2.05, 4.69) is 193 Å². The zero-order valence-corrected chi connectivity index (χ0v) is 40.0. The monoisotopic (exact) mass is 829 g/mol. The van der Waals surface area contributed by atoms with E-state index in [-0.39, 0.29) is 21.7 Å². The molecule has 0 heteroatoms. The van der Waals surface area contributed by atoms with Crippen LogP contribution in [0.1, 0.15) is 126 Å². The van der Waals surface area contributed by atoms with Gasteiger partial charge in [0.1, 0.15) is 0 Å². The molecule has 0 aliphatic heterocycles. The van der Waals surface area contributed by atoms with Gasteiger partial charge in [-0.25, -0.2) is 0 Å². The lowest BCUT2D eigenvalue weighted by atomic mass is 9.39. The number of allylic oxidation sites excluding steroid dienone is 13. The fourth-order valence-corrected chi connectivity index (χ4v) is 10.3. The summed E-state index contributed by atoms with van der Waals surface area (Å²) in [5, 5.41) is 0. The van der Waals surface area contributed by atoms with Gasteiger partial charge in [-0.1, -0.05) is 215 Å². The summed E-state index contributed by atoms with van der Waals surface area (Å²) in [5.74, 6) is 13.2. The first-order chi connectivity index (χ1) is 30.4. The van der Waals surface area contributed by atoms with E-state index in [1.54, 1.807) is 12.2 Å². The molecule has 0 nitrogen and oxygen atoms in total. The highest BCUT2D eigenvalue weighted by Crippen LogP contribution is 2.69. The van der Waals surface area contributed by atoms with E-state index in [1.165, 1.54) is 39.0 Å². The summed E-state index contributed by atoms with van der Waals surface area (Å²) >= 11 is 0. The average Bonchev–Trinajstić information content (AvgIpc) is 3.30. The van der Waals surface area contributed by atoms with Crippen LogP contribution in [0.25, 0.3) is 0 Å². The maximum atomic E-state index is 4.44. The summed E-state index contributed by atoms with van der Waals surface area (Å²) in [7, 11) is 0. The molecule has 2 saturated carbocycles. The lowest BCUT2D eigenvalue weighted by Gasteiger charge is -2.64. The molecule has 4 atom stereocenters. The molecule has 0 amide bonds. The van der Waals surface area contributed by atoms with E-state index < -0.39 is 0 Å². The van der Waals surface area contributed by atoms with Crippen LogP contribution < -0.4 is 0 Å². The molecule has 6 rings (SSSR count). The van der Waals surface area contributed by atoms with Crippen molar-refractivity contribution in [3.05, 3.63) is 239 Å². The lowest BCUT2D eigenvalue weighted by Crippen LogP contribution is -2.59. The van der Waals surface area contributed by atoms with Gasteiger partial charge >= 0.3 is 0 Å². The van der Waals surface area contributed by atoms with Crippen LogP contribution in [0.15, 0.2) is 200 Å². The van der Waals surface area contributed by atoms with Crippen LogP contribution in [0.4, 0.5) is 0 Å². The van der Waals surface area contributed by atoms with Gasteiger partial charge in [0.2, 0.25) is 0 Å². The summed E-state index contributed by atoms with van der Waals surface area (Å²) in [5.41, 5.74) is 12.1. The van der Waals surface area contributed by atoms with Crippen LogP contribution in [-0.2, 0) is 16.2 Å². The maximum absolute atomic E-state index is 4.44. The first-order valence-electron chi connectivity index (χ1n) is 23.0. The van der Waals surface area contributed by atoms with E-state index in [0.717, 1.165) is 55.2 Å². The topological polar surface area (TPSA) is 0 Å². The highest BCUT2D eigenvalue weighted by Gasteiger charge is 2.62. The maximum Gasteiger partial charge on any atom is 0.0249 e. The number of benzene rings is 4. The lowest BCUT2D eigenvalue weighted by molar-refractivity contribution is -0.00768. The molecule has 0 aromatic heterocycles. The van der Waals surface area contributed by atoms with Gasteiger partial charge in [0, 0.05) is 16.7 Å². The highest BCUT2D eigenvalue weighted by atomic mass is 14.7. The molecule has 0 saturated heterocycles. The predicted octanol–water partition coefficient (Wildman–Crippen LogP) is 16.7. The number of aryl methyl sites for hydroxylation is 2. The Kier molecular flexibility index (Phi) is 18.4. The Morgan fingerprint density at radius 3 is 1.63 bits per heavy atom. The van der Waals surface area contributed by atoms with Crippen molar-refractivity contribution >= 4 is 0 Å². The van der Waals surface area contributed by atoms with Crippen molar-refractivity contribution in [2.75, 3.05) is 0 Å². The third-order valence-corrected chi connectivity index (χ3v) is 13.1. The van der Waals surface area contributed by atoms with Crippen LogP contribution in [0.3, 0.4) is 0 Å². The molecule has 2 bridgehead atoms. The Bertz CT molecular complexity index is 2410. The summed E-state index contributed by atoms with van der Waals surface area (Å²) in [6.45, 7) is 31.6. The van der Waals surface area contributed by atoms with Gasteiger partial charge < -0.3 is 0 Å². The zero-order valence-electron chi connectivity index (χ0n) is 40.0. The van der Waals surface area contributed by atoms with E-state index in [0.29, 0.717) is 0 Å². The molecule has 4 unspecified atom stereocenters. The number of rotatable bonds is 10. The minimum atomic E-state index is -0.0991. The van der Waals surface area contributed by atoms with Gasteiger partial charge in [-0.3, -0.25) is 0 Å². The number of fused-ring (bicyclic) bond motifs is 2. The van der Waals surface area contributed by atoms with Crippen molar-refractivity contribution in [3.63, 3.8) is 0 Å². The average molecular weight is 829 g/mol. The molecule has 4 aromatic rings. The molecule has 2 aliphatic carbocycles. The molecule has 0 N–H and O–H groups in total. The molecule has 2 aliphatic rings. The van der Waals surface area contributed by atoms with E-state index in [4.69, 9.17) is 0 Å². The second kappa shape index (κ2) is 23.4. The smallest absolute Gasteiger partial charge is 0.0249 e. The van der Waals surface area contributed by atoms with Gasteiger partial charge in [-0.15, -0.1) is 0 Å². The Labute approximate surface area is 383 Å². The predicted molar refractivity (Wildman–Crippen MR) is 277 cm³/mol. The summed E-state index contributed by atoms with van der Waals surface area (Å²) < 4.78 is 0. The van der Waals surface area contributed by atoms with Crippen LogP contribution in [0.2, 0.25) is 0 Å². The molecule has 63 heavy (non-hydrogen) atoms. The van der Waals surface area contributed by atoms with E-state index >= 15 is 0 Å². The van der Waals surface area contributed by atoms with Gasteiger partial charge in [0.25, 0.3) is 0 Å². The van der Waals surface area contributed by atoms with Gasteiger partial charge in [-0.2, -0.15) is 0 Å². The van der Waals surface area contributed by atoms with Crippen LogP contribution in [0, 0.1) is 42.9 Å². The van der Waals surface area contributed by atoms with Crippen LogP contribution in [-0.4, -0.2) is 0 Å². The Hall–Kier alpha value is -6.08. The number of hydrogen-bond donors (Lipinski definition) is 0. The second-order valence-corrected chi connectivity index (χ2v) is 17.6. The van der Waals surface area contributed by atoms with E-state index in [9.17, 15) is 0 Å². The van der Waals surface area contributed by atoms with Crippen molar-refractivity contribution in [2.24, 2.45) is 5.41 Å². The summed E-state index contributed by atoms with van der Waals surface area (Å²) in [4.78, 5) is 0. The largest absolute Gasteiger partial charge is 0.0990 e. The molecule has 4 aromatic carbocycles. The molecule has 0 heterocycles. The van der Waals surface area contributed by atoms with Crippen molar-refractivity contribution < 1.29 is 0 Å². The fraction of sp³-hybridized carbons (Fsp3) is 0.302.